The highest BCUT2D eigenvalue weighted by Gasteiger charge is 2.39. The van der Waals surface area contributed by atoms with E-state index in [1.54, 1.807) is 6.07 Å². The summed E-state index contributed by atoms with van der Waals surface area (Å²) in [7, 11) is -1.90. The molecular formula is C19H32O3Si. The van der Waals surface area contributed by atoms with Crippen LogP contribution in [0.3, 0.4) is 0 Å². The van der Waals surface area contributed by atoms with E-state index in [2.05, 4.69) is 46.9 Å². The van der Waals surface area contributed by atoms with E-state index in [1.165, 1.54) is 19.3 Å². The SMILES string of the molecule is CCCCCC1Cc2cc(O[Si](C)(C)C(C)(C)C)cc(O)c2O1. The monoisotopic (exact) mass is 336 g/mol. The van der Waals surface area contributed by atoms with E-state index in [0.29, 0.717) is 5.75 Å². The number of rotatable bonds is 6. The number of hydrogen-bond donors (Lipinski definition) is 1. The van der Waals surface area contributed by atoms with Gasteiger partial charge in [-0.15, -0.1) is 0 Å². The number of phenols is 1. The second-order valence-corrected chi connectivity index (χ2v) is 13.0. The van der Waals surface area contributed by atoms with Gasteiger partial charge in [-0.3, -0.25) is 0 Å². The lowest BCUT2D eigenvalue weighted by atomic mass is 10.0. The maximum atomic E-state index is 10.3. The van der Waals surface area contributed by atoms with Crippen molar-refractivity contribution in [1.82, 2.24) is 0 Å². The first kappa shape index (κ1) is 18.2. The Labute approximate surface area is 142 Å². The van der Waals surface area contributed by atoms with Gasteiger partial charge < -0.3 is 14.3 Å². The minimum atomic E-state index is -1.90. The van der Waals surface area contributed by atoms with E-state index in [0.717, 1.165) is 24.2 Å². The van der Waals surface area contributed by atoms with Crippen LogP contribution in [0.25, 0.3) is 0 Å². The molecule has 1 aliphatic heterocycles. The number of fused-ring (bicyclic) bond motifs is 1. The van der Waals surface area contributed by atoms with Gasteiger partial charge in [-0.2, -0.15) is 0 Å². The molecule has 130 valence electrons. The van der Waals surface area contributed by atoms with Crippen molar-refractivity contribution in [3.63, 3.8) is 0 Å². The molecule has 1 aromatic carbocycles. The molecule has 1 N–H and O–H groups in total. The number of unbranched alkanes of at least 4 members (excludes halogenated alkanes) is 2. The molecule has 2 rings (SSSR count). The van der Waals surface area contributed by atoms with Gasteiger partial charge in [0.1, 0.15) is 11.9 Å². The Morgan fingerprint density at radius 2 is 1.96 bits per heavy atom. The summed E-state index contributed by atoms with van der Waals surface area (Å²) in [5.74, 6) is 1.66. The first-order valence-electron chi connectivity index (χ1n) is 8.85. The highest BCUT2D eigenvalue weighted by atomic mass is 28.4. The van der Waals surface area contributed by atoms with E-state index in [4.69, 9.17) is 9.16 Å². The van der Waals surface area contributed by atoms with Crippen LogP contribution in [-0.2, 0) is 6.42 Å². The average molecular weight is 337 g/mol. The fourth-order valence-electron chi connectivity index (χ4n) is 2.67. The van der Waals surface area contributed by atoms with Crippen LogP contribution in [0.2, 0.25) is 18.1 Å². The molecule has 0 radical (unpaired) electrons. The third kappa shape index (κ3) is 4.22. The van der Waals surface area contributed by atoms with Gasteiger partial charge in [0.05, 0.1) is 0 Å². The van der Waals surface area contributed by atoms with Crippen LogP contribution in [0.4, 0.5) is 0 Å². The zero-order valence-electron chi connectivity index (χ0n) is 15.5. The molecule has 1 unspecified atom stereocenters. The number of ether oxygens (including phenoxy) is 1. The molecular weight excluding hydrogens is 304 g/mol. The van der Waals surface area contributed by atoms with Crippen molar-refractivity contribution in [2.75, 3.05) is 0 Å². The molecule has 0 saturated heterocycles. The minimum Gasteiger partial charge on any atom is -0.543 e. The van der Waals surface area contributed by atoms with E-state index >= 15 is 0 Å². The third-order valence-corrected chi connectivity index (χ3v) is 9.52. The van der Waals surface area contributed by atoms with Crippen molar-refractivity contribution in [3.8, 4) is 17.2 Å². The summed E-state index contributed by atoms with van der Waals surface area (Å²) in [6.07, 6.45) is 5.77. The third-order valence-electron chi connectivity index (χ3n) is 5.16. The molecule has 3 nitrogen and oxygen atoms in total. The number of aromatic hydroxyl groups is 1. The molecule has 1 heterocycles. The Bertz CT molecular complexity index is 546. The van der Waals surface area contributed by atoms with Crippen LogP contribution in [0.15, 0.2) is 12.1 Å². The summed E-state index contributed by atoms with van der Waals surface area (Å²) >= 11 is 0. The summed E-state index contributed by atoms with van der Waals surface area (Å²) in [6, 6.07) is 3.78. The molecule has 0 fully saturated rings. The Morgan fingerprint density at radius 1 is 1.26 bits per heavy atom. The fraction of sp³-hybridized carbons (Fsp3) is 0.684. The molecule has 23 heavy (non-hydrogen) atoms. The van der Waals surface area contributed by atoms with Crippen molar-refractivity contribution in [2.24, 2.45) is 0 Å². The lowest BCUT2D eigenvalue weighted by Crippen LogP contribution is -2.43. The average Bonchev–Trinajstić information content (AvgIpc) is 2.80. The standard InChI is InChI=1S/C19H32O3Si/c1-7-8-9-10-15-11-14-12-16(13-17(20)18(14)21-15)22-23(5,6)19(2,3)4/h12-13,15,20H,7-11H2,1-6H3. The normalized spacial score (nSPS) is 17.7. The Kier molecular flexibility index (Phi) is 5.34. The largest absolute Gasteiger partial charge is 0.543 e. The maximum absolute atomic E-state index is 10.3. The van der Waals surface area contributed by atoms with E-state index in [9.17, 15) is 5.11 Å². The molecule has 0 spiro atoms. The first-order chi connectivity index (χ1) is 10.6. The smallest absolute Gasteiger partial charge is 0.250 e. The summed E-state index contributed by atoms with van der Waals surface area (Å²) in [6.45, 7) is 13.3. The van der Waals surface area contributed by atoms with E-state index in [1.807, 2.05) is 0 Å². The van der Waals surface area contributed by atoms with Crippen molar-refractivity contribution >= 4 is 8.32 Å². The molecule has 0 bridgehead atoms. The summed E-state index contributed by atoms with van der Waals surface area (Å²) < 4.78 is 12.3. The van der Waals surface area contributed by atoms with Gasteiger partial charge in [-0.25, -0.2) is 0 Å². The summed E-state index contributed by atoms with van der Waals surface area (Å²) in [5, 5.41) is 10.5. The van der Waals surface area contributed by atoms with Crippen LogP contribution in [0.1, 0.15) is 58.9 Å². The molecule has 0 amide bonds. The molecule has 0 aromatic heterocycles. The lowest BCUT2D eigenvalue weighted by Gasteiger charge is -2.36. The maximum Gasteiger partial charge on any atom is 0.250 e. The molecule has 1 aromatic rings. The highest BCUT2D eigenvalue weighted by Crippen LogP contribution is 2.44. The van der Waals surface area contributed by atoms with Crippen molar-refractivity contribution in [3.05, 3.63) is 17.7 Å². The van der Waals surface area contributed by atoms with Gasteiger partial charge in [-0.1, -0.05) is 40.5 Å². The van der Waals surface area contributed by atoms with E-state index < -0.39 is 8.32 Å². The van der Waals surface area contributed by atoms with Crippen LogP contribution >= 0.6 is 0 Å². The zero-order chi connectivity index (χ0) is 17.3. The molecule has 1 atom stereocenters. The van der Waals surface area contributed by atoms with Gasteiger partial charge in [0.2, 0.25) is 8.32 Å². The van der Waals surface area contributed by atoms with Crippen LogP contribution in [0.5, 0.6) is 17.2 Å². The fourth-order valence-corrected chi connectivity index (χ4v) is 3.69. The number of phenolic OH excluding ortho intramolecular Hbond substituents is 1. The van der Waals surface area contributed by atoms with Crippen LogP contribution in [0, 0.1) is 0 Å². The topological polar surface area (TPSA) is 38.7 Å². The van der Waals surface area contributed by atoms with Gasteiger partial charge in [0, 0.05) is 18.1 Å². The summed E-state index contributed by atoms with van der Waals surface area (Å²) in [5.41, 5.74) is 1.08. The number of benzene rings is 1. The van der Waals surface area contributed by atoms with Crippen LogP contribution in [-0.4, -0.2) is 19.5 Å². The molecule has 4 heteroatoms. The molecule has 1 aliphatic rings. The zero-order valence-corrected chi connectivity index (χ0v) is 16.5. The Morgan fingerprint density at radius 3 is 2.57 bits per heavy atom. The molecule has 0 saturated carbocycles. The van der Waals surface area contributed by atoms with Crippen molar-refractivity contribution in [1.29, 1.82) is 0 Å². The Balaban J connectivity index is 2.11. The van der Waals surface area contributed by atoms with Gasteiger partial charge in [0.15, 0.2) is 11.5 Å². The van der Waals surface area contributed by atoms with Crippen molar-refractivity contribution in [2.45, 2.75) is 84.0 Å². The number of hydrogen-bond acceptors (Lipinski definition) is 3. The predicted octanol–water partition coefficient (Wildman–Crippen LogP) is 5.66. The van der Waals surface area contributed by atoms with Gasteiger partial charge in [-0.05, 0) is 37.0 Å². The second kappa shape index (κ2) is 6.76. The van der Waals surface area contributed by atoms with Crippen LogP contribution < -0.4 is 9.16 Å². The second-order valence-electron chi connectivity index (χ2n) is 8.23. The van der Waals surface area contributed by atoms with Gasteiger partial charge in [0.25, 0.3) is 0 Å². The minimum absolute atomic E-state index is 0.140. The van der Waals surface area contributed by atoms with Crippen molar-refractivity contribution < 1.29 is 14.3 Å². The van der Waals surface area contributed by atoms with E-state index in [-0.39, 0.29) is 16.9 Å². The predicted molar refractivity (Wildman–Crippen MR) is 98.2 cm³/mol. The first-order valence-corrected chi connectivity index (χ1v) is 11.8. The quantitative estimate of drug-likeness (QED) is 0.538. The lowest BCUT2D eigenvalue weighted by molar-refractivity contribution is 0.210. The Hall–Kier alpha value is -1.16. The highest BCUT2D eigenvalue weighted by molar-refractivity contribution is 6.74. The van der Waals surface area contributed by atoms with Gasteiger partial charge >= 0.3 is 0 Å². The molecule has 0 aliphatic carbocycles. The summed E-state index contributed by atoms with van der Waals surface area (Å²) in [4.78, 5) is 0.